The lowest BCUT2D eigenvalue weighted by molar-refractivity contribution is -0.134. The Labute approximate surface area is 165 Å². The number of nitrogens with one attached hydrogen (secondary N) is 2. The van der Waals surface area contributed by atoms with E-state index in [4.69, 9.17) is 4.74 Å². The minimum atomic E-state index is -0.0631. The van der Waals surface area contributed by atoms with Gasteiger partial charge in [-0.15, -0.1) is 0 Å². The first-order chi connectivity index (χ1) is 13.5. The SMILES string of the molecule is CN(C)C(=O)C[C@H]1CN2C[C@H](NC(=O)Cc3c[nH]c4ccccc34)C[C@H]2CO1. The molecule has 3 atom stereocenters. The molecule has 3 heterocycles. The molecule has 2 fully saturated rings. The molecule has 28 heavy (non-hydrogen) atoms. The zero-order valence-electron chi connectivity index (χ0n) is 16.5. The van der Waals surface area contributed by atoms with Crippen LogP contribution in [0.3, 0.4) is 0 Å². The van der Waals surface area contributed by atoms with Gasteiger partial charge in [0, 0.05) is 56.4 Å². The van der Waals surface area contributed by atoms with Crippen LogP contribution in [0.15, 0.2) is 30.5 Å². The fraction of sp³-hybridized carbons (Fsp3) is 0.524. The van der Waals surface area contributed by atoms with Gasteiger partial charge < -0.3 is 19.9 Å². The fourth-order valence-corrected chi connectivity index (χ4v) is 4.28. The van der Waals surface area contributed by atoms with Gasteiger partial charge in [-0.25, -0.2) is 0 Å². The van der Waals surface area contributed by atoms with Crippen LogP contribution in [-0.4, -0.2) is 78.6 Å². The lowest BCUT2D eigenvalue weighted by Gasteiger charge is -2.35. The van der Waals surface area contributed by atoms with Crippen LogP contribution in [0, 0.1) is 0 Å². The van der Waals surface area contributed by atoms with Crippen molar-refractivity contribution in [2.75, 3.05) is 33.8 Å². The van der Waals surface area contributed by atoms with Crippen LogP contribution in [0.2, 0.25) is 0 Å². The van der Waals surface area contributed by atoms with Gasteiger partial charge in [-0.05, 0) is 18.1 Å². The molecule has 0 bridgehead atoms. The number of rotatable bonds is 5. The number of aromatic nitrogens is 1. The monoisotopic (exact) mass is 384 g/mol. The summed E-state index contributed by atoms with van der Waals surface area (Å²) in [7, 11) is 3.53. The number of carbonyl (C=O) groups excluding carboxylic acids is 2. The molecule has 0 spiro atoms. The van der Waals surface area contributed by atoms with E-state index < -0.39 is 0 Å². The van der Waals surface area contributed by atoms with E-state index in [9.17, 15) is 9.59 Å². The third-order valence-corrected chi connectivity index (χ3v) is 5.78. The highest BCUT2D eigenvalue weighted by Gasteiger charge is 2.38. The highest BCUT2D eigenvalue weighted by Crippen LogP contribution is 2.25. The lowest BCUT2D eigenvalue weighted by atomic mass is 10.1. The van der Waals surface area contributed by atoms with Gasteiger partial charge in [-0.1, -0.05) is 18.2 Å². The molecule has 2 N–H and O–H groups in total. The number of aromatic amines is 1. The first-order valence-corrected chi connectivity index (χ1v) is 9.89. The lowest BCUT2D eigenvalue weighted by Crippen LogP contribution is -2.47. The van der Waals surface area contributed by atoms with Crippen molar-refractivity contribution in [3.63, 3.8) is 0 Å². The summed E-state index contributed by atoms with van der Waals surface area (Å²) in [5.74, 6) is 0.140. The van der Waals surface area contributed by atoms with E-state index in [0.717, 1.165) is 36.0 Å². The first kappa shape index (κ1) is 19.0. The molecule has 0 saturated carbocycles. The van der Waals surface area contributed by atoms with E-state index in [1.807, 2.05) is 30.5 Å². The Bertz CT molecular complexity index is 862. The molecule has 0 radical (unpaired) electrons. The van der Waals surface area contributed by atoms with Crippen LogP contribution in [0.4, 0.5) is 0 Å². The number of nitrogens with zero attached hydrogens (tertiary/aromatic N) is 2. The first-order valence-electron chi connectivity index (χ1n) is 9.89. The molecule has 1 aromatic carbocycles. The predicted octanol–water partition coefficient (Wildman–Crippen LogP) is 1.15. The van der Waals surface area contributed by atoms with Crippen molar-refractivity contribution in [3.05, 3.63) is 36.0 Å². The Morgan fingerprint density at radius 2 is 2.11 bits per heavy atom. The third kappa shape index (κ3) is 4.05. The van der Waals surface area contributed by atoms with E-state index in [2.05, 4.69) is 15.2 Å². The Morgan fingerprint density at radius 3 is 2.93 bits per heavy atom. The number of para-hydroxylation sites is 1. The number of H-pyrrole nitrogens is 1. The van der Waals surface area contributed by atoms with Crippen molar-refractivity contribution in [1.82, 2.24) is 20.1 Å². The maximum absolute atomic E-state index is 12.6. The number of amides is 2. The van der Waals surface area contributed by atoms with Crippen LogP contribution in [0.25, 0.3) is 10.9 Å². The highest BCUT2D eigenvalue weighted by molar-refractivity contribution is 5.88. The van der Waals surface area contributed by atoms with E-state index >= 15 is 0 Å². The Hall–Kier alpha value is -2.38. The quantitative estimate of drug-likeness (QED) is 0.811. The summed E-state index contributed by atoms with van der Waals surface area (Å²) in [4.78, 5) is 31.7. The number of fused-ring (bicyclic) bond motifs is 2. The topological polar surface area (TPSA) is 77.7 Å². The van der Waals surface area contributed by atoms with E-state index in [-0.39, 0.29) is 24.0 Å². The summed E-state index contributed by atoms with van der Waals surface area (Å²) >= 11 is 0. The fourth-order valence-electron chi connectivity index (χ4n) is 4.28. The molecule has 2 aromatic rings. The average molecular weight is 384 g/mol. The van der Waals surface area contributed by atoms with Crippen molar-refractivity contribution in [2.45, 2.75) is 37.5 Å². The van der Waals surface area contributed by atoms with Crippen molar-refractivity contribution >= 4 is 22.7 Å². The summed E-state index contributed by atoms with van der Waals surface area (Å²) in [5.41, 5.74) is 2.08. The van der Waals surface area contributed by atoms with Crippen LogP contribution < -0.4 is 5.32 Å². The minimum Gasteiger partial charge on any atom is -0.375 e. The molecule has 150 valence electrons. The second-order valence-corrected chi connectivity index (χ2v) is 8.09. The number of carbonyl (C=O) groups is 2. The summed E-state index contributed by atoms with van der Waals surface area (Å²) in [5, 5.41) is 4.29. The molecule has 7 nitrogen and oxygen atoms in total. The van der Waals surface area contributed by atoms with Crippen molar-refractivity contribution in [2.24, 2.45) is 0 Å². The zero-order chi connectivity index (χ0) is 19.7. The molecule has 0 unspecified atom stereocenters. The average Bonchev–Trinajstić information content (AvgIpc) is 3.25. The number of hydrogen-bond acceptors (Lipinski definition) is 4. The smallest absolute Gasteiger partial charge is 0.224 e. The molecular weight excluding hydrogens is 356 g/mol. The molecule has 0 aliphatic carbocycles. The molecule has 2 saturated heterocycles. The Kier molecular flexibility index (Phi) is 5.37. The van der Waals surface area contributed by atoms with Crippen molar-refractivity contribution in [3.8, 4) is 0 Å². The van der Waals surface area contributed by atoms with Crippen molar-refractivity contribution in [1.29, 1.82) is 0 Å². The number of morpholine rings is 1. The van der Waals surface area contributed by atoms with Gasteiger partial charge in [0.05, 0.1) is 25.6 Å². The second kappa shape index (κ2) is 7.93. The second-order valence-electron chi connectivity index (χ2n) is 8.09. The molecule has 2 amide bonds. The minimum absolute atomic E-state index is 0.0508. The summed E-state index contributed by atoms with van der Waals surface area (Å²) < 4.78 is 5.89. The van der Waals surface area contributed by atoms with Gasteiger partial charge in [0.2, 0.25) is 11.8 Å². The molecule has 7 heteroatoms. The molecule has 1 aromatic heterocycles. The van der Waals surface area contributed by atoms with Gasteiger partial charge in [-0.3, -0.25) is 14.5 Å². The van der Waals surface area contributed by atoms with E-state index in [1.165, 1.54) is 0 Å². The zero-order valence-corrected chi connectivity index (χ0v) is 16.5. The largest absolute Gasteiger partial charge is 0.375 e. The summed E-state index contributed by atoms with van der Waals surface area (Å²) in [6.45, 7) is 2.19. The number of hydrogen-bond donors (Lipinski definition) is 2. The van der Waals surface area contributed by atoms with Gasteiger partial charge in [0.1, 0.15) is 0 Å². The molecule has 2 aliphatic rings. The molecule has 4 rings (SSSR count). The molecule has 2 aliphatic heterocycles. The Balaban J connectivity index is 1.30. The van der Waals surface area contributed by atoms with Crippen LogP contribution in [0.1, 0.15) is 18.4 Å². The maximum Gasteiger partial charge on any atom is 0.224 e. The normalized spacial score (nSPS) is 24.9. The van der Waals surface area contributed by atoms with Gasteiger partial charge >= 0.3 is 0 Å². The summed E-state index contributed by atoms with van der Waals surface area (Å²) in [6, 6.07) is 8.49. The number of ether oxygens (including phenoxy) is 1. The maximum atomic E-state index is 12.6. The van der Waals surface area contributed by atoms with Crippen LogP contribution >= 0.6 is 0 Å². The highest BCUT2D eigenvalue weighted by atomic mass is 16.5. The Morgan fingerprint density at radius 1 is 1.29 bits per heavy atom. The molecular formula is C21H28N4O3. The van der Waals surface area contributed by atoms with E-state index in [0.29, 0.717) is 25.5 Å². The number of benzene rings is 1. The standard InChI is InChI=1S/C21H28N4O3/c1-24(2)21(27)9-17-12-25-11-15(8-16(25)13-28-17)23-20(26)7-14-10-22-19-6-4-3-5-18(14)19/h3-6,10,15-17,22H,7-9,11-13H2,1-2H3,(H,23,26)/t15-,16+,17+/m1/s1. The van der Waals surface area contributed by atoms with Crippen LogP contribution in [0.5, 0.6) is 0 Å². The summed E-state index contributed by atoms with van der Waals surface area (Å²) in [6.07, 6.45) is 3.54. The van der Waals surface area contributed by atoms with E-state index in [1.54, 1.807) is 19.0 Å². The van der Waals surface area contributed by atoms with Gasteiger partial charge in [0.15, 0.2) is 0 Å². The van der Waals surface area contributed by atoms with Crippen LogP contribution in [-0.2, 0) is 20.7 Å². The van der Waals surface area contributed by atoms with Gasteiger partial charge in [0.25, 0.3) is 0 Å². The predicted molar refractivity (Wildman–Crippen MR) is 107 cm³/mol. The van der Waals surface area contributed by atoms with Gasteiger partial charge in [-0.2, -0.15) is 0 Å². The van der Waals surface area contributed by atoms with Crippen molar-refractivity contribution < 1.29 is 14.3 Å². The third-order valence-electron chi connectivity index (χ3n) is 5.78.